The number of ether oxygens (including phenoxy) is 2. The summed E-state index contributed by atoms with van der Waals surface area (Å²) in [6.45, 7) is 5.18. The zero-order valence-electron chi connectivity index (χ0n) is 16.6. The highest BCUT2D eigenvalue weighted by Crippen LogP contribution is 2.65. The van der Waals surface area contributed by atoms with E-state index in [1.165, 1.54) is 12.1 Å². The number of carbonyl (C=O) groups excluding carboxylic acids is 2. The minimum Gasteiger partial charge on any atom is -0.465 e. The first kappa shape index (κ1) is 21.0. The quantitative estimate of drug-likeness (QED) is 0.509. The van der Waals surface area contributed by atoms with Crippen LogP contribution in [0.25, 0.3) is 0 Å². The molecule has 0 N–H and O–H groups in total. The number of hydrogen-bond donors (Lipinski definition) is 0. The molecule has 0 aliphatic heterocycles. The molecule has 2 aromatic rings. The third-order valence-corrected chi connectivity index (χ3v) is 7.44. The van der Waals surface area contributed by atoms with Crippen LogP contribution in [0.4, 0.5) is 0 Å². The molecule has 1 aliphatic carbocycles. The predicted octanol–water partition coefficient (Wildman–Crippen LogP) is 3.05. The summed E-state index contributed by atoms with van der Waals surface area (Å²) in [5.74, 6) is -2.62. The zero-order chi connectivity index (χ0) is 21.2. The Bertz CT molecular complexity index is 977. The van der Waals surface area contributed by atoms with Crippen molar-refractivity contribution < 1.29 is 27.5 Å². The number of hydrogen-bond acceptors (Lipinski definition) is 6. The van der Waals surface area contributed by atoms with Crippen LogP contribution >= 0.6 is 0 Å². The highest BCUT2D eigenvalue weighted by molar-refractivity contribution is 7.92. The van der Waals surface area contributed by atoms with Crippen molar-refractivity contribution >= 4 is 21.8 Å². The maximum absolute atomic E-state index is 13.5. The van der Waals surface area contributed by atoms with E-state index >= 15 is 0 Å². The topological polar surface area (TPSA) is 86.7 Å². The van der Waals surface area contributed by atoms with Crippen molar-refractivity contribution in [1.29, 1.82) is 0 Å². The lowest BCUT2D eigenvalue weighted by Gasteiger charge is -2.15. The summed E-state index contributed by atoms with van der Waals surface area (Å²) in [6.07, 6.45) is 0. The number of rotatable bonds is 7. The van der Waals surface area contributed by atoms with Crippen molar-refractivity contribution in [3.05, 3.63) is 65.7 Å². The van der Waals surface area contributed by atoms with Crippen LogP contribution in [-0.2, 0) is 28.9 Å². The molecule has 6 nitrogen and oxygen atoms in total. The molecule has 154 valence electrons. The van der Waals surface area contributed by atoms with E-state index in [0.29, 0.717) is 5.56 Å². The molecule has 29 heavy (non-hydrogen) atoms. The van der Waals surface area contributed by atoms with Crippen molar-refractivity contribution in [2.75, 3.05) is 13.2 Å². The van der Waals surface area contributed by atoms with E-state index in [1.807, 2.05) is 19.1 Å². The van der Waals surface area contributed by atoms with Gasteiger partial charge in [-0.25, -0.2) is 8.42 Å². The fourth-order valence-corrected chi connectivity index (χ4v) is 6.13. The van der Waals surface area contributed by atoms with Gasteiger partial charge in [-0.3, -0.25) is 9.59 Å². The monoisotopic (exact) mass is 416 g/mol. The van der Waals surface area contributed by atoms with Crippen LogP contribution in [0.1, 0.15) is 30.9 Å². The molecule has 2 aromatic carbocycles. The molecule has 1 fully saturated rings. The first-order valence-corrected chi connectivity index (χ1v) is 11.1. The fourth-order valence-electron chi connectivity index (χ4n) is 3.82. The lowest BCUT2D eigenvalue weighted by atomic mass is 9.98. The molecule has 0 aromatic heterocycles. The van der Waals surface area contributed by atoms with Gasteiger partial charge in [0.1, 0.15) is 5.25 Å². The third kappa shape index (κ3) is 3.44. The van der Waals surface area contributed by atoms with Gasteiger partial charge in [0.2, 0.25) is 0 Å². The molecule has 0 unspecified atom stereocenters. The van der Waals surface area contributed by atoms with Crippen molar-refractivity contribution in [2.45, 2.75) is 36.8 Å². The average molecular weight is 416 g/mol. The lowest BCUT2D eigenvalue weighted by Crippen LogP contribution is -2.35. The number of benzene rings is 2. The Balaban J connectivity index is 2.19. The van der Waals surface area contributed by atoms with E-state index in [9.17, 15) is 18.0 Å². The lowest BCUT2D eigenvalue weighted by molar-refractivity contribution is -0.164. The summed E-state index contributed by atoms with van der Waals surface area (Å²) in [5, 5.41) is -1.29. The molecule has 0 bridgehead atoms. The highest BCUT2D eigenvalue weighted by atomic mass is 32.2. The Kier molecular flexibility index (Phi) is 5.80. The van der Waals surface area contributed by atoms with E-state index in [1.54, 1.807) is 44.2 Å². The minimum atomic E-state index is -4.01. The van der Waals surface area contributed by atoms with Gasteiger partial charge in [0.25, 0.3) is 0 Å². The van der Waals surface area contributed by atoms with Crippen molar-refractivity contribution in [3.8, 4) is 0 Å². The van der Waals surface area contributed by atoms with E-state index < -0.39 is 38.4 Å². The molecule has 0 spiro atoms. The Morgan fingerprint density at radius 3 is 1.90 bits per heavy atom. The molecule has 7 heteroatoms. The Hall–Kier alpha value is -2.67. The predicted molar refractivity (Wildman–Crippen MR) is 107 cm³/mol. The molecular formula is C22H24O6S. The molecule has 0 heterocycles. The molecule has 0 radical (unpaired) electrons. The largest absolute Gasteiger partial charge is 0.465 e. The third-order valence-electron chi connectivity index (χ3n) is 5.20. The van der Waals surface area contributed by atoms with Gasteiger partial charge in [-0.15, -0.1) is 0 Å². The number of carbonyl (C=O) groups is 2. The van der Waals surface area contributed by atoms with E-state index in [-0.39, 0.29) is 18.1 Å². The van der Waals surface area contributed by atoms with Gasteiger partial charge >= 0.3 is 11.9 Å². The number of aryl methyl sites for hydroxylation is 1. The van der Waals surface area contributed by atoms with Gasteiger partial charge in [0.05, 0.1) is 18.1 Å². The molecule has 1 saturated carbocycles. The van der Waals surface area contributed by atoms with Gasteiger partial charge in [-0.1, -0.05) is 48.0 Å². The molecule has 0 saturated heterocycles. The Morgan fingerprint density at radius 2 is 1.41 bits per heavy atom. The van der Waals surface area contributed by atoms with Crippen LogP contribution in [0.2, 0.25) is 0 Å². The second-order valence-electron chi connectivity index (χ2n) is 6.98. The first-order chi connectivity index (χ1) is 13.8. The normalized spacial score (nSPS) is 20.0. The second kappa shape index (κ2) is 7.99. The molecule has 3 rings (SSSR count). The van der Waals surface area contributed by atoms with Crippen LogP contribution in [0.15, 0.2) is 59.5 Å². The van der Waals surface area contributed by atoms with Gasteiger partial charge in [0, 0.05) is 5.92 Å². The summed E-state index contributed by atoms with van der Waals surface area (Å²) in [5.41, 5.74) is -0.355. The maximum atomic E-state index is 13.5. The summed E-state index contributed by atoms with van der Waals surface area (Å²) in [4.78, 5) is 26.0. The summed E-state index contributed by atoms with van der Waals surface area (Å²) < 4.78 is 37.3. The SMILES string of the molecule is CCOC(=O)C1(C(=O)OCC)[C@@H](c2ccc(C)cc2)[C@@H]1S(=O)(=O)c1ccccc1. The highest BCUT2D eigenvalue weighted by Gasteiger charge is 2.81. The van der Waals surface area contributed by atoms with Crippen LogP contribution in [0.5, 0.6) is 0 Å². The smallest absolute Gasteiger partial charge is 0.325 e. The second-order valence-corrected chi connectivity index (χ2v) is 9.05. The van der Waals surface area contributed by atoms with Crippen molar-refractivity contribution in [3.63, 3.8) is 0 Å². The number of esters is 2. The van der Waals surface area contributed by atoms with Crippen LogP contribution < -0.4 is 0 Å². The van der Waals surface area contributed by atoms with Gasteiger partial charge in [-0.2, -0.15) is 0 Å². The summed E-state index contributed by atoms with van der Waals surface area (Å²) >= 11 is 0. The van der Waals surface area contributed by atoms with E-state index in [4.69, 9.17) is 9.47 Å². The molecular weight excluding hydrogens is 392 g/mol. The zero-order valence-corrected chi connectivity index (χ0v) is 17.4. The van der Waals surface area contributed by atoms with E-state index in [0.717, 1.165) is 5.56 Å². The maximum Gasteiger partial charge on any atom is 0.325 e. The number of sulfone groups is 1. The molecule has 2 atom stereocenters. The van der Waals surface area contributed by atoms with Crippen molar-refractivity contribution in [2.24, 2.45) is 5.41 Å². The minimum absolute atomic E-state index is 0.0265. The van der Waals surface area contributed by atoms with Crippen LogP contribution in [-0.4, -0.2) is 38.8 Å². The van der Waals surface area contributed by atoms with E-state index in [2.05, 4.69) is 0 Å². The summed E-state index contributed by atoms with van der Waals surface area (Å²) in [6, 6.07) is 15.0. The van der Waals surface area contributed by atoms with Gasteiger partial charge in [-0.05, 0) is 38.5 Å². The molecule has 1 aliphatic rings. The Morgan fingerprint density at radius 1 is 0.897 bits per heavy atom. The standard InChI is InChI=1S/C22H24O6S/c1-4-27-20(23)22(21(24)28-5-2)18(16-13-11-15(3)12-14-16)19(22)29(25,26)17-9-7-6-8-10-17/h6-14,18-19H,4-5H2,1-3H3/t18-,19-/m0/s1. The summed E-state index contributed by atoms with van der Waals surface area (Å²) in [7, 11) is -4.01. The fraction of sp³-hybridized carbons (Fsp3) is 0.364. The van der Waals surface area contributed by atoms with Gasteiger partial charge in [0.15, 0.2) is 15.3 Å². The molecule has 0 amide bonds. The van der Waals surface area contributed by atoms with Gasteiger partial charge < -0.3 is 9.47 Å². The first-order valence-electron chi connectivity index (χ1n) is 9.51. The van der Waals surface area contributed by atoms with Crippen LogP contribution in [0, 0.1) is 12.3 Å². The van der Waals surface area contributed by atoms with Crippen LogP contribution in [0.3, 0.4) is 0 Å². The Labute approximate surface area is 170 Å². The van der Waals surface area contributed by atoms with Crippen molar-refractivity contribution in [1.82, 2.24) is 0 Å². The average Bonchev–Trinajstić information content (AvgIpc) is 3.42.